The third-order valence-corrected chi connectivity index (χ3v) is 6.38. The highest BCUT2D eigenvalue weighted by molar-refractivity contribution is 7.90. The number of hydrogen-bond acceptors (Lipinski definition) is 9. The smallest absolute Gasteiger partial charge is 0.374 e. The van der Waals surface area contributed by atoms with Gasteiger partial charge in [-0.25, -0.2) is 18.0 Å². The normalized spacial score (nSPS) is 11.3. The van der Waals surface area contributed by atoms with Crippen LogP contribution in [0.2, 0.25) is 0 Å². The van der Waals surface area contributed by atoms with Crippen LogP contribution in [-0.4, -0.2) is 35.9 Å². The van der Waals surface area contributed by atoms with Gasteiger partial charge >= 0.3 is 11.7 Å². The molecule has 0 radical (unpaired) electrons. The molecule has 0 spiro atoms. The molecule has 0 aliphatic heterocycles. The Morgan fingerprint density at radius 3 is 2.38 bits per heavy atom. The van der Waals surface area contributed by atoms with Gasteiger partial charge in [0.25, 0.3) is 5.56 Å². The molecule has 2 N–H and O–H groups in total. The van der Waals surface area contributed by atoms with Gasteiger partial charge in [0.1, 0.15) is 11.4 Å². The standard InChI is InChI=1S/C20H19N3O8S/c1-22-17(21)15(18(25)23(2)20(22)27)14(24)10-31-19(26)16-12(8-9-30-16)11-32(28,29)13-6-4-3-5-7-13/h3-9H,10-11,21H2,1-2H3. The summed E-state index contributed by atoms with van der Waals surface area (Å²) in [5.74, 6) is -3.32. The average Bonchev–Trinajstić information content (AvgIpc) is 3.23. The Kier molecular flexibility index (Phi) is 6.16. The molecule has 0 bridgehead atoms. The van der Waals surface area contributed by atoms with Crippen LogP contribution in [-0.2, 0) is 34.4 Å². The molecule has 2 aromatic heterocycles. The number of Topliss-reactive ketones (excluding diaryl/α,β-unsaturated/α-hetero) is 1. The summed E-state index contributed by atoms with van der Waals surface area (Å²) >= 11 is 0. The number of rotatable bonds is 7. The summed E-state index contributed by atoms with van der Waals surface area (Å²) in [6.07, 6.45) is 1.12. The van der Waals surface area contributed by atoms with Gasteiger partial charge < -0.3 is 14.9 Å². The van der Waals surface area contributed by atoms with Gasteiger partial charge in [0.05, 0.1) is 16.9 Å². The van der Waals surface area contributed by atoms with Crippen LogP contribution in [0, 0.1) is 0 Å². The lowest BCUT2D eigenvalue weighted by Gasteiger charge is -2.11. The van der Waals surface area contributed by atoms with Crippen LogP contribution in [0.5, 0.6) is 0 Å². The van der Waals surface area contributed by atoms with Crippen LogP contribution in [0.15, 0.2) is 61.6 Å². The van der Waals surface area contributed by atoms with Crippen molar-refractivity contribution in [2.75, 3.05) is 12.3 Å². The minimum atomic E-state index is -3.77. The number of aromatic nitrogens is 2. The lowest BCUT2D eigenvalue weighted by Crippen LogP contribution is -2.42. The van der Waals surface area contributed by atoms with E-state index in [0.717, 1.165) is 10.8 Å². The summed E-state index contributed by atoms with van der Waals surface area (Å²) < 4.78 is 36.7. The topological polar surface area (TPSA) is 161 Å². The summed E-state index contributed by atoms with van der Waals surface area (Å²) in [5.41, 5.74) is 3.59. The van der Waals surface area contributed by atoms with E-state index in [0.29, 0.717) is 4.57 Å². The fraction of sp³-hybridized carbons (Fsp3) is 0.200. The predicted molar refractivity (Wildman–Crippen MR) is 112 cm³/mol. The Morgan fingerprint density at radius 1 is 1.06 bits per heavy atom. The zero-order valence-electron chi connectivity index (χ0n) is 17.1. The molecular weight excluding hydrogens is 442 g/mol. The molecule has 0 aliphatic carbocycles. The van der Waals surface area contributed by atoms with E-state index in [1.807, 2.05) is 0 Å². The second-order valence-corrected chi connectivity index (χ2v) is 8.80. The van der Waals surface area contributed by atoms with Crippen molar-refractivity contribution >= 4 is 27.4 Å². The van der Waals surface area contributed by atoms with Gasteiger partial charge in [0.2, 0.25) is 11.5 Å². The zero-order chi connectivity index (χ0) is 23.6. The van der Waals surface area contributed by atoms with Gasteiger partial charge in [0.15, 0.2) is 16.4 Å². The van der Waals surface area contributed by atoms with E-state index < -0.39 is 56.5 Å². The van der Waals surface area contributed by atoms with Crippen molar-refractivity contribution in [1.29, 1.82) is 0 Å². The van der Waals surface area contributed by atoms with Crippen molar-refractivity contribution in [1.82, 2.24) is 9.13 Å². The van der Waals surface area contributed by atoms with Crippen molar-refractivity contribution in [2.24, 2.45) is 14.1 Å². The van der Waals surface area contributed by atoms with Gasteiger partial charge in [-0.15, -0.1) is 0 Å². The van der Waals surface area contributed by atoms with E-state index in [1.54, 1.807) is 18.2 Å². The highest BCUT2D eigenvalue weighted by Crippen LogP contribution is 2.20. The number of sulfone groups is 1. The Bertz CT molecular complexity index is 1420. The zero-order valence-corrected chi connectivity index (χ0v) is 17.9. The molecule has 1 aromatic carbocycles. The first-order valence-corrected chi connectivity index (χ1v) is 10.8. The van der Waals surface area contributed by atoms with Crippen molar-refractivity contribution in [3.8, 4) is 0 Å². The summed E-state index contributed by atoms with van der Waals surface area (Å²) in [6, 6.07) is 8.95. The first-order valence-electron chi connectivity index (χ1n) is 9.14. The van der Waals surface area contributed by atoms with Gasteiger partial charge in [0, 0.05) is 19.7 Å². The fourth-order valence-corrected chi connectivity index (χ4v) is 4.31. The van der Waals surface area contributed by atoms with E-state index in [4.69, 9.17) is 14.9 Å². The third kappa shape index (κ3) is 4.25. The van der Waals surface area contributed by atoms with Crippen molar-refractivity contribution in [2.45, 2.75) is 10.6 Å². The number of benzene rings is 1. The number of ether oxygens (including phenoxy) is 1. The number of carbonyl (C=O) groups is 2. The molecule has 168 valence electrons. The third-order valence-electron chi connectivity index (χ3n) is 4.70. The van der Waals surface area contributed by atoms with Gasteiger partial charge in [-0.1, -0.05) is 18.2 Å². The van der Waals surface area contributed by atoms with Crippen LogP contribution in [0.25, 0.3) is 0 Å². The van der Waals surface area contributed by atoms with E-state index in [9.17, 15) is 27.6 Å². The SMILES string of the molecule is Cn1c(N)c(C(=O)COC(=O)c2occc2CS(=O)(=O)c2ccccc2)c(=O)n(C)c1=O. The second kappa shape index (κ2) is 8.67. The quantitative estimate of drug-likeness (QED) is 0.385. The first kappa shape index (κ1) is 22.7. The molecular formula is C20H19N3O8S. The number of furan rings is 1. The Morgan fingerprint density at radius 2 is 1.72 bits per heavy atom. The fourth-order valence-electron chi connectivity index (χ4n) is 2.94. The predicted octanol–water partition coefficient (Wildman–Crippen LogP) is 0.273. The summed E-state index contributed by atoms with van der Waals surface area (Å²) in [7, 11) is -1.31. The number of carbonyl (C=O) groups excluding carboxylic acids is 2. The van der Waals surface area contributed by atoms with Crippen molar-refractivity contribution in [3.63, 3.8) is 0 Å². The van der Waals surface area contributed by atoms with Crippen LogP contribution < -0.4 is 17.0 Å². The Balaban J connectivity index is 1.78. The largest absolute Gasteiger partial charge is 0.457 e. The number of nitrogens with zero attached hydrogens (tertiary/aromatic N) is 2. The maximum Gasteiger partial charge on any atom is 0.374 e. The second-order valence-electron chi connectivity index (χ2n) is 6.81. The Hall–Kier alpha value is -3.93. The summed E-state index contributed by atoms with van der Waals surface area (Å²) in [4.78, 5) is 49.0. The Labute approximate surface area is 181 Å². The maximum absolute atomic E-state index is 12.6. The van der Waals surface area contributed by atoms with Crippen LogP contribution in [0.1, 0.15) is 26.5 Å². The lowest BCUT2D eigenvalue weighted by molar-refractivity contribution is 0.0442. The van der Waals surface area contributed by atoms with Gasteiger partial charge in [-0.2, -0.15) is 0 Å². The minimum Gasteiger partial charge on any atom is -0.457 e. The van der Waals surface area contributed by atoms with E-state index in [1.165, 1.54) is 32.3 Å². The van der Waals surface area contributed by atoms with E-state index in [2.05, 4.69) is 0 Å². The lowest BCUT2D eigenvalue weighted by atomic mass is 10.2. The molecule has 11 nitrogen and oxygen atoms in total. The van der Waals surface area contributed by atoms with Gasteiger partial charge in [-0.3, -0.25) is 18.7 Å². The molecule has 0 aliphatic rings. The van der Waals surface area contributed by atoms with Crippen LogP contribution in [0.4, 0.5) is 5.82 Å². The average molecular weight is 461 g/mol. The first-order chi connectivity index (χ1) is 15.0. The van der Waals surface area contributed by atoms with Crippen LogP contribution >= 0.6 is 0 Å². The molecule has 32 heavy (non-hydrogen) atoms. The maximum atomic E-state index is 12.6. The molecule has 3 rings (SSSR count). The van der Waals surface area contributed by atoms with Crippen molar-refractivity contribution < 1.29 is 27.2 Å². The summed E-state index contributed by atoms with van der Waals surface area (Å²) in [6.45, 7) is -0.873. The number of ketones is 1. The highest BCUT2D eigenvalue weighted by Gasteiger charge is 2.26. The highest BCUT2D eigenvalue weighted by atomic mass is 32.2. The van der Waals surface area contributed by atoms with Gasteiger partial charge in [-0.05, 0) is 18.2 Å². The number of nitrogen functional groups attached to an aromatic ring is 1. The van der Waals surface area contributed by atoms with E-state index >= 15 is 0 Å². The number of esters is 1. The molecule has 3 aromatic rings. The number of hydrogen-bond donors (Lipinski definition) is 1. The minimum absolute atomic E-state index is 0.0452. The molecule has 0 fully saturated rings. The summed E-state index contributed by atoms with van der Waals surface area (Å²) in [5, 5.41) is 0. The number of nitrogens with two attached hydrogens (primary N) is 1. The monoisotopic (exact) mass is 461 g/mol. The molecule has 12 heteroatoms. The number of anilines is 1. The molecule has 0 unspecified atom stereocenters. The van der Waals surface area contributed by atoms with Crippen molar-refractivity contribution in [3.05, 3.63) is 80.4 Å². The molecule has 0 amide bonds. The molecule has 0 atom stereocenters. The molecule has 0 saturated carbocycles. The molecule has 0 saturated heterocycles. The molecule has 2 heterocycles. The van der Waals surface area contributed by atoms with E-state index in [-0.39, 0.29) is 16.3 Å². The van der Waals surface area contributed by atoms with Crippen LogP contribution in [0.3, 0.4) is 0 Å².